The highest BCUT2D eigenvalue weighted by atomic mass is 16.1. The van der Waals surface area contributed by atoms with Crippen LogP contribution in [0.2, 0.25) is 0 Å². The summed E-state index contributed by atoms with van der Waals surface area (Å²) in [5.74, 6) is 0.0398. The SMILES string of the molecule is CNc1ccc(C(=O)NC2(C)CCC2)cc1C. The summed E-state index contributed by atoms with van der Waals surface area (Å²) in [7, 11) is 1.89. The quantitative estimate of drug-likeness (QED) is 0.841. The second kappa shape index (κ2) is 4.40. The lowest BCUT2D eigenvalue weighted by Crippen LogP contribution is -2.50. The van der Waals surface area contributed by atoms with E-state index in [9.17, 15) is 4.79 Å². The third kappa shape index (κ3) is 2.43. The van der Waals surface area contributed by atoms with Gasteiger partial charge in [-0.05, 0) is 56.9 Å². The molecule has 92 valence electrons. The van der Waals surface area contributed by atoms with Crippen LogP contribution in [0.3, 0.4) is 0 Å². The Labute approximate surface area is 103 Å². The molecule has 2 N–H and O–H groups in total. The molecule has 1 amide bonds. The summed E-state index contributed by atoms with van der Waals surface area (Å²) in [6, 6.07) is 5.76. The lowest BCUT2D eigenvalue weighted by atomic mass is 9.78. The van der Waals surface area contributed by atoms with Crippen molar-refractivity contribution in [3.8, 4) is 0 Å². The molecule has 1 aromatic rings. The number of carbonyl (C=O) groups excluding carboxylic acids is 1. The molecular formula is C14H20N2O. The van der Waals surface area contributed by atoms with Crippen LogP contribution in [0.1, 0.15) is 42.1 Å². The maximum absolute atomic E-state index is 12.1. The predicted octanol–water partition coefficient (Wildman–Crippen LogP) is 2.71. The van der Waals surface area contributed by atoms with Crippen molar-refractivity contribution in [3.63, 3.8) is 0 Å². The summed E-state index contributed by atoms with van der Waals surface area (Å²) >= 11 is 0. The average Bonchev–Trinajstić information content (AvgIpc) is 2.26. The number of benzene rings is 1. The molecule has 1 aromatic carbocycles. The van der Waals surface area contributed by atoms with E-state index in [1.54, 1.807) is 0 Å². The van der Waals surface area contributed by atoms with Crippen molar-refractivity contribution in [2.75, 3.05) is 12.4 Å². The molecule has 0 unspecified atom stereocenters. The fourth-order valence-corrected chi connectivity index (χ4v) is 2.26. The van der Waals surface area contributed by atoms with Gasteiger partial charge in [0.2, 0.25) is 0 Å². The maximum Gasteiger partial charge on any atom is 0.251 e. The zero-order valence-electron chi connectivity index (χ0n) is 10.8. The standard InChI is InChI=1S/C14H20N2O/c1-10-9-11(5-6-12(10)15-3)13(17)16-14(2)7-4-8-14/h5-6,9,15H,4,7-8H2,1-3H3,(H,16,17). The maximum atomic E-state index is 12.1. The van der Waals surface area contributed by atoms with Crippen molar-refractivity contribution in [2.45, 2.75) is 38.6 Å². The number of hydrogen-bond donors (Lipinski definition) is 2. The molecule has 1 saturated carbocycles. The molecule has 2 rings (SSSR count). The Morgan fingerprint density at radius 1 is 1.35 bits per heavy atom. The monoisotopic (exact) mass is 232 g/mol. The van der Waals surface area contributed by atoms with Crippen molar-refractivity contribution in [1.82, 2.24) is 5.32 Å². The summed E-state index contributed by atoms with van der Waals surface area (Å²) in [5, 5.41) is 6.21. The fraction of sp³-hybridized carbons (Fsp3) is 0.500. The summed E-state index contributed by atoms with van der Waals surface area (Å²) in [6.07, 6.45) is 3.40. The number of nitrogens with one attached hydrogen (secondary N) is 2. The number of rotatable bonds is 3. The van der Waals surface area contributed by atoms with Crippen molar-refractivity contribution in [2.24, 2.45) is 0 Å². The molecule has 3 heteroatoms. The van der Waals surface area contributed by atoms with E-state index in [2.05, 4.69) is 17.6 Å². The van der Waals surface area contributed by atoms with Gasteiger partial charge >= 0.3 is 0 Å². The van der Waals surface area contributed by atoms with Gasteiger partial charge in [-0.25, -0.2) is 0 Å². The van der Waals surface area contributed by atoms with E-state index in [1.807, 2.05) is 32.2 Å². The molecular weight excluding hydrogens is 212 g/mol. The van der Waals surface area contributed by atoms with E-state index in [4.69, 9.17) is 0 Å². The molecule has 0 aromatic heterocycles. The van der Waals surface area contributed by atoms with Gasteiger partial charge in [-0.2, -0.15) is 0 Å². The lowest BCUT2D eigenvalue weighted by Gasteiger charge is -2.39. The van der Waals surface area contributed by atoms with E-state index >= 15 is 0 Å². The van der Waals surface area contributed by atoms with Gasteiger partial charge in [0.05, 0.1) is 0 Å². The largest absolute Gasteiger partial charge is 0.388 e. The first-order valence-electron chi connectivity index (χ1n) is 6.15. The highest BCUT2D eigenvalue weighted by molar-refractivity contribution is 5.95. The van der Waals surface area contributed by atoms with Gasteiger partial charge in [-0.15, -0.1) is 0 Å². The molecule has 0 radical (unpaired) electrons. The minimum absolute atomic E-state index is 0.0205. The number of aryl methyl sites for hydroxylation is 1. The Morgan fingerprint density at radius 3 is 2.53 bits per heavy atom. The van der Waals surface area contributed by atoms with E-state index < -0.39 is 0 Å². The minimum Gasteiger partial charge on any atom is -0.388 e. The highest BCUT2D eigenvalue weighted by Gasteiger charge is 2.33. The van der Waals surface area contributed by atoms with Crippen LogP contribution in [0, 0.1) is 6.92 Å². The van der Waals surface area contributed by atoms with Gasteiger partial charge in [-0.1, -0.05) is 0 Å². The Bertz CT molecular complexity index is 436. The van der Waals surface area contributed by atoms with Crippen molar-refractivity contribution >= 4 is 11.6 Å². The van der Waals surface area contributed by atoms with E-state index in [1.165, 1.54) is 6.42 Å². The van der Waals surface area contributed by atoms with E-state index in [-0.39, 0.29) is 11.4 Å². The molecule has 0 aliphatic heterocycles. The Morgan fingerprint density at radius 2 is 2.06 bits per heavy atom. The molecule has 0 atom stereocenters. The zero-order chi connectivity index (χ0) is 12.5. The smallest absolute Gasteiger partial charge is 0.251 e. The van der Waals surface area contributed by atoms with Crippen LogP contribution in [-0.2, 0) is 0 Å². The fourth-order valence-electron chi connectivity index (χ4n) is 2.26. The molecule has 1 aliphatic carbocycles. The molecule has 17 heavy (non-hydrogen) atoms. The molecule has 0 heterocycles. The van der Waals surface area contributed by atoms with E-state index in [0.29, 0.717) is 0 Å². The second-order valence-corrected chi connectivity index (χ2v) is 5.15. The number of carbonyl (C=O) groups is 1. The Hall–Kier alpha value is -1.51. The van der Waals surface area contributed by atoms with Gasteiger partial charge in [0.15, 0.2) is 0 Å². The van der Waals surface area contributed by atoms with Crippen LogP contribution < -0.4 is 10.6 Å². The van der Waals surface area contributed by atoms with Gasteiger partial charge in [0, 0.05) is 23.8 Å². The summed E-state index contributed by atoms with van der Waals surface area (Å²) < 4.78 is 0. The van der Waals surface area contributed by atoms with Gasteiger partial charge < -0.3 is 10.6 Å². The number of hydrogen-bond acceptors (Lipinski definition) is 2. The summed E-state index contributed by atoms with van der Waals surface area (Å²) in [4.78, 5) is 12.1. The predicted molar refractivity (Wildman–Crippen MR) is 70.4 cm³/mol. The number of anilines is 1. The van der Waals surface area contributed by atoms with Crippen LogP contribution in [0.25, 0.3) is 0 Å². The van der Waals surface area contributed by atoms with Crippen LogP contribution in [0.15, 0.2) is 18.2 Å². The highest BCUT2D eigenvalue weighted by Crippen LogP contribution is 2.31. The Kier molecular flexibility index (Phi) is 3.09. The molecule has 0 saturated heterocycles. The van der Waals surface area contributed by atoms with Crippen molar-refractivity contribution < 1.29 is 4.79 Å². The lowest BCUT2D eigenvalue weighted by molar-refractivity contribution is 0.0850. The third-order valence-corrected chi connectivity index (χ3v) is 3.63. The van der Waals surface area contributed by atoms with Crippen LogP contribution in [-0.4, -0.2) is 18.5 Å². The third-order valence-electron chi connectivity index (χ3n) is 3.63. The molecule has 3 nitrogen and oxygen atoms in total. The first-order valence-corrected chi connectivity index (χ1v) is 6.15. The topological polar surface area (TPSA) is 41.1 Å². The van der Waals surface area contributed by atoms with Crippen molar-refractivity contribution in [3.05, 3.63) is 29.3 Å². The van der Waals surface area contributed by atoms with E-state index in [0.717, 1.165) is 29.7 Å². The molecule has 1 aliphatic rings. The van der Waals surface area contributed by atoms with Gasteiger partial charge in [-0.3, -0.25) is 4.79 Å². The van der Waals surface area contributed by atoms with Crippen molar-refractivity contribution in [1.29, 1.82) is 0 Å². The van der Waals surface area contributed by atoms with Crippen LogP contribution in [0.5, 0.6) is 0 Å². The van der Waals surface area contributed by atoms with Gasteiger partial charge in [0.25, 0.3) is 5.91 Å². The minimum atomic E-state index is 0.0205. The molecule has 1 fully saturated rings. The normalized spacial score (nSPS) is 17.1. The molecule has 0 spiro atoms. The average molecular weight is 232 g/mol. The summed E-state index contributed by atoms with van der Waals surface area (Å²) in [5.41, 5.74) is 2.93. The summed E-state index contributed by atoms with van der Waals surface area (Å²) in [6.45, 7) is 4.12. The first kappa shape index (κ1) is 12.0. The second-order valence-electron chi connectivity index (χ2n) is 5.15. The van der Waals surface area contributed by atoms with Gasteiger partial charge in [0.1, 0.15) is 0 Å². The van der Waals surface area contributed by atoms with Crippen LogP contribution in [0.4, 0.5) is 5.69 Å². The Balaban J connectivity index is 2.11. The van der Waals surface area contributed by atoms with Crippen LogP contribution >= 0.6 is 0 Å². The molecule has 0 bridgehead atoms. The first-order chi connectivity index (χ1) is 8.04. The zero-order valence-corrected chi connectivity index (χ0v) is 10.8. The number of amides is 1.